The molecule has 27 heavy (non-hydrogen) atoms. The van der Waals surface area contributed by atoms with Crippen LogP contribution >= 0.6 is 0 Å². The largest absolute Gasteiger partial charge is 0.444 e. The Balaban J connectivity index is 1.96. The minimum atomic E-state index is -1.11. The van der Waals surface area contributed by atoms with E-state index in [1.54, 1.807) is 56.8 Å². The van der Waals surface area contributed by atoms with Gasteiger partial charge in [-0.3, -0.25) is 9.36 Å². The van der Waals surface area contributed by atoms with Gasteiger partial charge in [0, 0.05) is 38.6 Å². The smallest absolute Gasteiger partial charge is 0.408 e. The van der Waals surface area contributed by atoms with Crippen LogP contribution in [0.4, 0.5) is 9.59 Å². The maximum absolute atomic E-state index is 12.9. The molecule has 1 aliphatic heterocycles. The lowest BCUT2D eigenvalue weighted by Gasteiger charge is -2.32. The van der Waals surface area contributed by atoms with Crippen molar-refractivity contribution in [3.8, 4) is 0 Å². The van der Waals surface area contributed by atoms with Crippen LogP contribution in [0.15, 0.2) is 18.7 Å². The Morgan fingerprint density at radius 1 is 1.00 bits per heavy atom. The molecule has 1 aromatic rings. The van der Waals surface area contributed by atoms with E-state index in [4.69, 9.17) is 4.74 Å². The van der Waals surface area contributed by atoms with Gasteiger partial charge in [0.05, 0.1) is 0 Å². The quantitative estimate of drug-likeness (QED) is 0.843. The second kappa shape index (κ2) is 7.98. The molecule has 0 unspecified atom stereocenters. The predicted octanol–water partition coefficient (Wildman–Crippen LogP) is 1.69. The zero-order valence-corrected chi connectivity index (χ0v) is 16.7. The molecule has 0 saturated carbocycles. The number of nitrogens with one attached hydrogen (secondary N) is 1. The number of rotatable bonds is 2. The highest BCUT2D eigenvalue weighted by Gasteiger charge is 2.36. The Hall–Kier alpha value is -2.58. The molecule has 1 N–H and O–H groups in total. The average molecular weight is 379 g/mol. The summed E-state index contributed by atoms with van der Waals surface area (Å²) in [4.78, 5) is 44.7. The van der Waals surface area contributed by atoms with Gasteiger partial charge in [0.1, 0.15) is 17.5 Å². The molecule has 1 fully saturated rings. The van der Waals surface area contributed by atoms with E-state index in [0.29, 0.717) is 32.6 Å². The van der Waals surface area contributed by atoms with Crippen molar-refractivity contribution in [3.05, 3.63) is 18.7 Å². The summed E-state index contributed by atoms with van der Waals surface area (Å²) in [6.45, 7) is 10.5. The third-order valence-electron chi connectivity index (χ3n) is 4.13. The van der Waals surface area contributed by atoms with Crippen LogP contribution in [0.25, 0.3) is 0 Å². The van der Waals surface area contributed by atoms with Crippen LogP contribution in [0, 0.1) is 0 Å². The van der Waals surface area contributed by atoms with Gasteiger partial charge in [-0.2, -0.15) is 0 Å². The Bertz CT molecular complexity index is 678. The van der Waals surface area contributed by atoms with Gasteiger partial charge >= 0.3 is 12.1 Å². The first-order valence-electron chi connectivity index (χ1n) is 9.07. The average Bonchev–Trinajstić information content (AvgIpc) is 2.95. The Kier molecular flexibility index (Phi) is 6.12. The summed E-state index contributed by atoms with van der Waals surface area (Å²) in [7, 11) is 0. The van der Waals surface area contributed by atoms with Gasteiger partial charge in [0.2, 0.25) is 5.91 Å². The van der Waals surface area contributed by atoms with Crippen LogP contribution in [0.2, 0.25) is 0 Å². The normalized spacial score (nSPS) is 15.9. The second-order valence-corrected chi connectivity index (χ2v) is 8.14. The molecule has 2 heterocycles. The van der Waals surface area contributed by atoms with E-state index in [0.717, 1.165) is 0 Å². The molecule has 1 saturated heterocycles. The first-order chi connectivity index (χ1) is 12.5. The van der Waals surface area contributed by atoms with Crippen molar-refractivity contribution in [2.24, 2.45) is 0 Å². The summed E-state index contributed by atoms with van der Waals surface area (Å²) in [5.74, 6) is -0.203. The Labute approximate surface area is 159 Å². The molecule has 0 radical (unpaired) electrons. The molecular formula is C18H29N5O4. The van der Waals surface area contributed by atoms with E-state index in [1.807, 2.05) is 0 Å². The third-order valence-corrected chi connectivity index (χ3v) is 4.13. The molecule has 9 heteroatoms. The van der Waals surface area contributed by atoms with Gasteiger partial charge in [-0.15, -0.1) is 0 Å². The van der Waals surface area contributed by atoms with Crippen molar-refractivity contribution in [1.82, 2.24) is 24.7 Å². The van der Waals surface area contributed by atoms with Gasteiger partial charge in [0.25, 0.3) is 0 Å². The topological polar surface area (TPSA) is 96.8 Å². The summed E-state index contributed by atoms with van der Waals surface area (Å²) >= 11 is 0. The van der Waals surface area contributed by atoms with Crippen LogP contribution in [0.5, 0.6) is 0 Å². The second-order valence-electron chi connectivity index (χ2n) is 8.14. The molecule has 0 spiro atoms. The van der Waals surface area contributed by atoms with Crippen molar-refractivity contribution in [3.63, 3.8) is 0 Å². The van der Waals surface area contributed by atoms with E-state index in [-0.39, 0.29) is 11.9 Å². The summed E-state index contributed by atoms with van der Waals surface area (Å²) < 4.78 is 6.67. The molecule has 0 atom stereocenters. The molecule has 9 nitrogen and oxygen atoms in total. The lowest BCUT2D eigenvalue weighted by atomic mass is 10.0. The van der Waals surface area contributed by atoms with Crippen LogP contribution < -0.4 is 5.32 Å². The van der Waals surface area contributed by atoms with Gasteiger partial charge in [-0.05, 0) is 41.0 Å². The fourth-order valence-corrected chi connectivity index (χ4v) is 2.85. The molecule has 0 aromatic carbocycles. The zero-order chi connectivity index (χ0) is 20.2. The van der Waals surface area contributed by atoms with Gasteiger partial charge < -0.3 is 19.9 Å². The van der Waals surface area contributed by atoms with Crippen LogP contribution in [0.1, 0.15) is 41.0 Å². The Morgan fingerprint density at radius 2 is 1.63 bits per heavy atom. The summed E-state index contributed by atoms with van der Waals surface area (Å²) in [6.07, 6.45) is 4.65. The van der Waals surface area contributed by atoms with Crippen molar-refractivity contribution in [1.29, 1.82) is 0 Å². The van der Waals surface area contributed by atoms with Gasteiger partial charge in [-0.25, -0.2) is 14.6 Å². The molecule has 1 aliphatic rings. The van der Waals surface area contributed by atoms with Gasteiger partial charge in [0.15, 0.2) is 0 Å². The highest BCUT2D eigenvalue weighted by Crippen LogP contribution is 2.14. The first-order valence-corrected chi connectivity index (χ1v) is 9.07. The van der Waals surface area contributed by atoms with Crippen molar-refractivity contribution in [2.45, 2.75) is 52.2 Å². The van der Waals surface area contributed by atoms with Crippen LogP contribution in [-0.2, 0) is 9.53 Å². The van der Waals surface area contributed by atoms with E-state index < -0.39 is 17.2 Å². The maximum Gasteiger partial charge on any atom is 0.408 e. The van der Waals surface area contributed by atoms with Crippen molar-refractivity contribution in [2.75, 3.05) is 26.2 Å². The predicted molar refractivity (Wildman–Crippen MR) is 99.2 cm³/mol. The number of nitrogens with zero attached hydrogens (tertiary/aromatic N) is 4. The fraction of sp³-hybridized carbons (Fsp3) is 0.667. The highest BCUT2D eigenvalue weighted by molar-refractivity contribution is 5.89. The minimum absolute atomic E-state index is 0.159. The maximum atomic E-state index is 12.9. The summed E-state index contributed by atoms with van der Waals surface area (Å²) in [5.41, 5.74) is -1.74. The highest BCUT2D eigenvalue weighted by atomic mass is 16.6. The summed E-state index contributed by atoms with van der Waals surface area (Å²) in [6, 6.07) is -0.159. The number of aromatic nitrogens is 2. The van der Waals surface area contributed by atoms with Crippen molar-refractivity contribution >= 4 is 18.0 Å². The first kappa shape index (κ1) is 20.7. The van der Waals surface area contributed by atoms with E-state index >= 15 is 0 Å². The number of alkyl carbamates (subject to hydrolysis) is 1. The molecule has 0 bridgehead atoms. The van der Waals surface area contributed by atoms with E-state index in [9.17, 15) is 14.4 Å². The number of carbonyl (C=O) groups is 3. The number of hydrogen-bond donors (Lipinski definition) is 1. The number of carbonyl (C=O) groups excluding carboxylic acids is 3. The number of imidazole rings is 1. The zero-order valence-electron chi connectivity index (χ0n) is 16.7. The third kappa shape index (κ3) is 5.70. The molecule has 150 valence electrons. The molecular weight excluding hydrogens is 350 g/mol. The molecule has 1 aromatic heterocycles. The van der Waals surface area contributed by atoms with Crippen LogP contribution in [0.3, 0.4) is 0 Å². The van der Waals surface area contributed by atoms with Gasteiger partial charge in [-0.1, -0.05) is 0 Å². The SMILES string of the molecule is CC(C)(C)OC(=O)NC(C)(C)C(=O)N1CCCN(C(=O)n2ccnc2)CC1. The minimum Gasteiger partial charge on any atom is -0.444 e. The van der Waals surface area contributed by atoms with E-state index in [2.05, 4.69) is 10.3 Å². The number of ether oxygens (including phenoxy) is 1. The van der Waals surface area contributed by atoms with Crippen LogP contribution in [-0.4, -0.2) is 74.7 Å². The lowest BCUT2D eigenvalue weighted by Crippen LogP contribution is -2.57. The molecule has 2 rings (SSSR count). The molecule has 3 amide bonds. The number of hydrogen-bond acceptors (Lipinski definition) is 5. The van der Waals surface area contributed by atoms with Crippen molar-refractivity contribution < 1.29 is 19.1 Å². The Morgan fingerprint density at radius 3 is 2.22 bits per heavy atom. The standard InChI is InChI=1S/C18H29N5O4/c1-17(2,3)27-15(25)20-18(4,5)14(24)21-8-6-9-22(12-11-21)16(26)23-10-7-19-13-23/h7,10,13H,6,8-9,11-12H2,1-5H3,(H,20,25). The number of amides is 3. The molecule has 0 aliphatic carbocycles. The monoisotopic (exact) mass is 379 g/mol. The lowest BCUT2D eigenvalue weighted by molar-refractivity contribution is -0.137. The fourth-order valence-electron chi connectivity index (χ4n) is 2.85. The van der Waals surface area contributed by atoms with E-state index in [1.165, 1.54) is 10.9 Å². The summed E-state index contributed by atoms with van der Waals surface area (Å²) in [5, 5.41) is 2.64.